The van der Waals surface area contributed by atoms with Crippen molar-refractivity contribution < 1.29 is 9.13 Å². The van der Waals surface area contributed by atoms with Gasteiger partial charge < -0.3 is 10.1 Å². The van der Waals surface area contributed by atoms with Crippen molar-refractivity contribution in [3.8, 4) is 5.75 Å². The largest absolute Gasteiger partial charge is 0.492 e. The molecule has 1 atom stereocenters. The van der Waals surface area contributed by atoms with Crippen molar-refractivity contribution in [2.45, 2.75) is 45.6 Å². The van der Waals surface area contributed by atoms with Gasteiger partial charge in [-0.15, -0.1) is 0 Å². The zero-order chi connectivity index (χ0) is 13.7. The molecule has 0 aromatic heterocycles. The molecule has 0 saturated heterocycles. The molecular formula is C16H24FNO. The average molecular weight is 265 g/mol. The molecule has 0 heterocycles. The molecule has 1 aliphatic carbocycles. The molecule has 1 fully saturated rings. The number of aryl methyl sites for hydroxylation is 1. The molecule has 0 amide bonds. The van der Waals surface area contributed by atoms with Crippen LogP contribution in [-0.2, 0) is 0 Å². The predicted molar refractivity (Wildman–Crippen MR) is 76.1 cm³/mol. The van der Waals surface area contributed by atoms with Crippen molar-refractivity contribution in [2.24, 2.45) is 5.92 Å². The number of benzene rings is 1. The summed E-state index contributed by atoms with van der Waals surface area (Å²) >= 11 is 0. The summed E-state index contributed by atoms with van der Waals surface area (Å²) in [6, 6.07) is 5.10. The van der Waals surface area contributed by atoms with Gasteiger partial charge in [-0.3, -0.25) is 0 Å². The molecule has 1 saturated carbocycles. The number of hydrogen-bond acceptors (Lipinski definition) is 2. The van der Waals surface area contributed by atoms with Crippen molar-refractivity contribution in [1.82, 2.24) is 5.32 Å². The van der Waals surface area contributed by atoms with E-state index in [0.717, 1.165) is 12.1 Å². The smallest absolute Gasteiger partial charge is 0.126 e. The van der Waals surface area contributed by atoms with Crippen LogP contribution in [0.2, 0.25) is 0 Å². The third kappa shape index (κ3) is 3.93. The first-order chi connectivity index (χ1) is 9.20. The SMILES string of the molecule is CCNC(COc1cc(F)ccc1C)C1CCCC1. The lowest BCUT2D eigenvalue weighted by molar-refractivity contribution is 0.217. The topological polar surface area (TPSA) is 21.3 Å². The van der Waals surface area contributed by atoms with Crippen molar-refractivity contribution >= 4 is 0 Å². The second-order valence-corrected chi connectivity index (χ2v) is 5.43. The highest BCUT2D eigenvalue weighted by Gasteiger charge is 2.24. The lowest BCUT2D eigenvalue weighted by Crippen LogP contribution is -2.40. The Bertz CT molecular complexity index is 402. The van der Waals surface area contributed by atoms with Crippen LogP contribution in [0.15, 0.2) is 18.2 Å². The normalized spacial score (nSPS) is 17.6. The number of rotatable bonds is 6. The van der Waals surface area contributed by atoms with E-state index in [0.29, 0.717) is 24.3 Å². The summed E-state index contributed by atoms with van der Waals surface area (Å²) in [5, 5.41) is 3.51. The van der Waals surface area contributed by atoms with Gasteiger partial charge in [0.1, 0.15) is 18.2 Å². The number of likely N-dealkylation sites (N-methyl/N-ethyl adjacent to an activating group) is 1. The van der Waals surface area contributed by atoms with Crippen molar-refractivity contribution in [2.75, 3.05) is 13.2 Å². The third-order valence-corrected chi connectivity index (χ3v) is 4.00. The van der Waals surface area contributed by atoms with Crippen LogP contribution in [0, 0.1) is 18.7 Å². The molecule has 0 aliphatic heterocycles. The molecule has 1 aromatic rings. The molecule has 0 bridgehead atoms. The standard InChI is InChI=1S/C16H24FNO/c1-3-18-15(13-6-4-5-7-13)11-19-16-10-14(17)9-8-12(16)2/h8-10,13,15,18H,3-7,11H2,1-2H3. The van der Waals surface area contributed by atoms with Crippen LogP contribution in [0.1, 0.15) is 38.2 Å². The Hall–Kier alpha value is -1.09. The van der Waals surface area contributed by atoms with E-state index >= 15 is 0 Å². The molecule has 3 heteroatoms. The van der Waals surface area contributed by atoms with Gasteiger partial charge in [-0.05, 0) is 43.9 Å². The van der Waals surface area contributed by atoms with E-state index in [9.17, 15) is 4.39 Å². The monoisotopic (exact) mass is 265 g/mol. The fraction of sp³-hybridized carbons (Fsp3) is 0.625. The zero-order valence-corrected chi connectivity index (χ0v) is 11.9. The molecule has 19 heavy (non-hydrogen) atoms. The molecule has 2 nitrogen and oxygen atoms in total. The summed E-state index contributed by atoms with van der Waals surface area (Å²) in [5.41, 5.74) is 0.989. The summed E-state index contributed by atoms with van der Waals surface area (Å²) in [6.07, 6.45) is 5.21. The van der Waals surface area contributed by atoms with Crippen LogP contribution in [-0.4, -0.2) is 19.2 Å². The van der Waals surface area contributed by atoms with Crippen molar-refractivity contribution in [3.05, 3.63) is 29.6 Å². The van der Waals surface area contributed by atoms with Gasteiger partial charge in [0.25, 0.3) is 0 Å². The zero-order valence-electron chi connectivity index (χ0n) is 11.9. The first-order valence-electron chi connectivity index (χ1n) is 7.33. The highest BCUT2D eigenvalue weighted by atomic mass is 19.1. The first-order valence-corrected chi connectivity index (χ1v) is 7.33. The van der Waals surface area contributed by atoms with E-state index in [2.05, 4.69) is 12.2 Å². The second kappa shape index (κ2) is 6.90. The fourth-order valence-electron chi connectivity index (χ4n) is 2.89. The highest BCUT2D eigenvalue weighted by molar-refractivity contribution is 5.32. The maximum Gasteiger partial charge on any atom is 0.126 e. The van der Waals surface area contributed by atoms with Gasteiger partial charge in [0, 0.05) is 12.1 Å². The van der Waals surface area contributed by atoms with Gasteiger partial charge >= 0.3 is 0 Å². The van der Waals surface area contributed by atoms with Crippen LogP contribution < -0.4 is 10.1 Å². The average Bonchev–Trinajstić information content (AvgIpc) is 2.92. The first kappa shape index (κ1) is 14.3. The van der Waals surface area contributed by atoms with E-state index in [1.807, 2.05) is 6.92 Å². The van der Waals surface area contributed by atoms with Crippen LogP contribution >= 0.6 is 0 Å². The number of halogens is 1. The number of hydrogen-bond donors (Lipinski definition) is 1. The van der Waals surface area contributed by atoms with Crippen molar-refractivity contribution in [1.29, 1.82) is 0 Å². The lowest BCUT2D eigenvalue weighted by Gasteiger charge is -2.24. The van der Waals surface area contributed by atoms with E-state index in [-0.39, 0.29) is 5.82 Å². The summed E-state index contributed by atoms with van der Waals surface area (Å²) in [6.45, 7) is 5.65. The van der Waals surface area contributed by atoms with Gasteiger partial charge in [-0.2, -0.15) is 0 Å². The van der Waals surface area contributed by atoms with Crippen molar-refractivity contribution in [3.63, 3.8) is 0 Å². The van der Waals surface area contributed by atoms with E-state index < -0.39 is 0 Å². The molecule has 1 unspecified atom stereocenters. The summed E-state index contributed by atoms with van der Waals surface area (Å²) in [7, 11) is 0. The summed E-state index contributed by atoms with van der Waals surface area (Å²) < 4.78 is 19.1. The minimum atomic E-state index is -0.235. The fourth-order valence-corrected chi connectivity index (χ4v) is 2.89. The minimum Gasteiger partial charge on any atom is -0.492 e. The summed E-state index contributed by atoms with van der Waals surface area (Å²) in [5.74, 6) is 1.14. The van der Waals surface area contributed by atoms with Crippen LogP contribution in [0.4, 0.5) is 4.39 Å². The quantitative estimate of drug-likeness (QED) is 0.847. The van der Waals surface area contributed by atoms with Gasteiger partial charge in [0.15, 0.2) is 0 Å². The third-order valence-electron chi connectivity index (χ3n) is 4.00. The van der Waals surface area contributed by atoms with Gasteiger partial charge in [-0.25, -0.2) is 4.39 Å². The Morgan fingerprint density at radius 1 is 1.37 bits per heavy atom. The van der Waals surface area contributed by atoms with Gasteiger partial charge in [0.05, 0.1) is 0 Å². The Balaban J connectivity index is 1.95. The minimum absolute atomic E-state index is 0.235. The Morgan fingerprint density at radius 2 is 2.11 bits per heavy atom. The molecule has 1 N–H and O–H groups in total. The maximum absolute atomic E-state index is 13.2. The number of ether oxygens (including phenoxy) is 1. The molecule has 1 aromatic carbocycles. The predicted octanol–water partition coefficient (Wildman–Crippen LogP) is 3.68. The van der Waals surface area contributed by atoms with Crippen LogP contribution in [0.25, 0.3) is 0 Å². The molecule has 1 aliphatic rings. The lowest BCUT2D eigenvalue weighted by atomic mass is 9.99. The molecule has 2 rings (SSSR count). The van der Waals surface area contributed by atoms with E-state index in [1.54, 1.807) is 6.07 Å². The maximum atomic E-state index is 13.2. The summed E-state index contributed by atoms with van der Waals surface area (Å²) in [4.78, 5) is 0. The Kier molecular flexibility index (Phi) is 5.20. The Labute approximate surface area is 115 Å². The van der Waals surface area contributed by atoms with Gasteiger partial charge in [0.2, 0.25) is 0 Å². The number of nitrogens with one attached hydrogen (secondary N) is 1. The molecule has 106 valence electrons. The van der Waals surface area contributed by atoms with Crippen LogP contribution in [0.3, 0.4) is 0 Å². The highest BCUT2D eigenvalue weighted by Crippen LogP contribution is 2.28. The van der Waals surface area contributed by atoms with E-state index in [4.69, 9.17) is 4.74 Å². The van der Waals surface area contributed by atoms with E-state index in [1.165, 1.54) is 37.8 Å². The van der Waals surface area contributed by atoms with Gasteiger partial charge in [-0.1, -0.05) is 25.8 Å². The Morgan fingerprint density at radius 3 is 2.79 bits per heavy atom. The molecular weight excluding hydrogens is 241 g/mol. The van der Waals surface area contributed by atoms with Crippen LogP contribution in [0.5, 0.6) is 5.75 Å². The molecule has 0 spiro atoms. The second-order valence-electron chi connectivity index (χ2n) is 5.43. The molecule has 0 radical (unpaired) electrons.